The first-order valence-corrected chi connectivity index (χ1v) is 4.50. The molecule has 1 heterocycles. The summed E-state index contributed by atoms with van der Waals surface area (Å²) in [6.07, 6.45) is 0. The molecule has 13 heavy (non-hydrogen) atoms. The SMILES string of the molecule is CC.Cc1cc2ccc(F)cc2[nH]1. The molecule has 0 atom stereocenters. The van der Waals surface area contributed by atoms with Crippen molar-refractivity contribution >= 4 is 10.9 Å². The van der Waals surface area contributed by atoms with Gasteiger partial charge in [-0.05, 0) is 36.6 Å². The van der Waals surface area contributed by atoms with Gasteiger partial charge in [-0.2, -0.15) is 0 Å². The maximum Gasteiger partial charge on any atom is 0.125 e. The van der Waals surface area contributed by atoms with E-state index in [1.54, 1.807) is 6.07 Å². The molecule has 1 aromatic heterocycles. The van der Waals surface area contributed by atoms with Crippen molar-refractivity contribution < 1.29 is 4.39 Å². The van der Waals surface area contributed by atoms with E-state index in [9.17, 15) is 4.39 Å². The second kappa shape index (κ2) is 4.08. The second-order valence-electron chi connectivity index (χ2n) is 2.68. The van der Waals surface area contributed by atoms with E-state index in [4.69, 9.17) is 0 Å². The van der Waals surface area contributed by atoms with Crippen LogP contribution in [0.3, 0.4) is 0 Å². The molecule has 0 aliphatic rings. The largest absolute Gasteiger partial charge is 0.359 e. The fraction of sp³-hybridized carbons (Fsp3) is 0.273. The topological polar surface area (TPSA) is 15.8 Å². The van der Waals surface area contributed by atoms with Crippen LogP contribution in [0, 0.1) is 12.7 Å². The average molecular weight is 179 g/mol. The number of nitrogens with one attached hydrogen (secondary N) is 1. The van der Waals surface area contributed by atoms with Gasteiger partial charge in [-0.15, -0.1) is 0 Å². The Hall–Kier alpha value is -1.31. The van der Waals surface area contributed by atoms with Crippen LogP contribution < -0.4 is 0 Å². The number of aromatic nitrogens is 1. The molecule has 2 heteroatoms. The molecule has 1 N–H and O–H groups in total. The molecule has 0 radical (unpaired) electrons. The summed E-state index contributed by atoms with van der Waals surface area (Å²) >= 11 is 0. The highest BCUT2D eigenvalue weighted by Gasteiger charge is 1.97. The highest BCUT2D eigenvalue weighted by Crippen LogP contribution is 2.15. The summed E-state index contributed by atoms with van der Waals surface area (Å²) in [4.78, 5) is 3.06. The predicted octanol–water partition coefficient (Wildman–Crippen LogP) is 3.64. The minimum absolute atomic E-state index is 0.195. The molecule has 0 fully saturated rings. The zero-order chi connectivity index (χ0) is 9.84. The molecule has 0 saturated heterocycles. The number of aryl methyl sites for hydroxylation is 1. The van der Waals surface area contributed by atoms with Crippen molar-refractivity contribution in [1.29, 1.82) is 0 Å². The van der Waals surface area contributed by atoms with Crippen LogP contribution in [-0.4, -0.2) is 4.98 Å². The zero-order valence-corrected chi connectivity index (χ0v) is 8.19. The molecule has 2 rings (SSSR count). The van der Waals surface area contributed by atoms with Crippen LogP contribution in [0.4, 0.5) is 4.39 Å². The normalized spacial score (nSPS) is 9.54. The molecule has 0 unspecified atom stereocenters. The van der Waals surface area contributed by atoms with Crippen molar-refractivity contribution in [2.45, 2.75) is 20.8 Å². The predicted molar refractivity (Wildman–Crippen MR) is 54.3 cm³/mol. The summed E-state index contributed by atoms with van der Waals surface area (Å²) in [7, 11) is 0. The molecule has 0 saturated carbocycles. The van der Waals surface area contributed by atoms with Crippen LogP contribution >= 0.6 is 0 Å². The van der Waals surface area contributed by atoms with Crippen molar-refractivity contribution in [3.05, 3.63) is 35.8 Å². The number of hydrogen-bond donors (Lipinski definition) is 1. The summed E-state index contributed by atoms with van der Waals surface area (Å²) in [6.45, 7) is 5.96. The van der Waals surface area contributed by atoms with Gasteiger partial charge in [0.15, 0.2) is 0 Å². The number of H-pyrrole nitrogens is 1. The average Bonchev–Trinajstić information content (AvgIpc) is 2.48. The molecule has 0 amide bonds. The molecule has 70 valence electrons. The lowest BCUT2D eigenvalue weighted by Crippen LogP contribution is -1.72. The number of halogens is 1. The van der Waals surface area contributed by atoms with E-state index in [0.717, 1.165) is 16.6 Å². The van der Waals surface area contributed by atoms with E-state index in [1.807, 2.05) is 26.8 Å². The number of fused-ring (bicyclic) bond motifs is 1. The quantitative estimate of drug-likeness (QED) is 0.635. The first kappa shape index (κ1) is 9.78. The van der Waals surface area contributed by atoms with Gasteiger partial charge in [-0.1, -0.05) is 13.8 Å². The van der Waals surface area contributed by atoms with Crippen molar-refractivity contribution in [3.8, 4) is 0 Å². The Bertz CT molecular complexity index is 390. The van der Waals surface area contributed by atoms with Gasteiger partial charge >= 0.3 is 0 Å². The third-order valence-corrected chi connectivity index (χ3v) is 1.72. The van der Waals surface area contributed by atoms with Crippen molar-refractivity contribution in [2.24, 2.45) is 0 Å². The number of rotatable bonds is 0. The van der Waals surface area contributed by atoms with E-state index in [1.165, 1.54) is 12.1 Å². The van der Waals surface area contributed by atoms with E-state index in [2.05, 4.69) is 4.98 Å². The number of hydrogen-bond acceptors (Lipinski definition) is 0. The van der Waals surface area contributed by atoms with Gasteiger partial charge in [0.2, 0.25) is 0 Å². The lowest BCUT2D eigenvalue weighted by molar-refractivity contribution is 0.629. The van der Waals surface area contributed by atoms with Crippen LogP contribution in [-0.2, 0) is 0 Å². The smallest absolute Gasteiger partial charge is 0.125 e. The van der Waals surface area contributed by atoms with Gasteiger partial charge < -0.3 is 4.98 Å². The fourth-order valence-electron chi connectivity index (χ4n) is 1.24. The van der Waals surface area contributed by atoms with E-state index < -0.39 is 0 Å². The summed E-state index contributed by atoms with van der Waals surface area (Å²) in [5.41, 5.74) is 1.92. The monoisotopic (exact) mass is 179 g/mol. The van der Waals surface area contributed by atoms with Crippen LogP contribution in [0.25, 0.3) is 10.9 Å². The molecule has 2 aromatic rings. The first-order valence-electron chi connectivity index (χ1n) is 4.50. The molecule has 1 aromatic carbocycles. The van der Waals surface area contributed by atoms with Crippen LogP contribution in [0.15, 0.2) is 24.3 Å². The maximum atomic E-state index is 12.6. The summed E-state index contributed by atoms with van der Waals surface area (Å²) in [6, 6.07) is 6.74. The summed E-state index contributed by atoms with van der Waals surface area (Å²) in [5.74, 6) is -0.195. The standard InChI is InChI=1S/C9H8FN.C2H6/c1-6-4-7-2-3-8(10)5-9(7)11-6;1-2/h2-5,11H,1H3;1-2H3. The highest BCUT2D eigenvalue weighted by molar-refractivity contribution is 5.80. The summed E-state index contributed by atoms with van der Waals surface area (Å²) < 4.78 is 12.6. The van der Waals surface area contributed by atoms with Crippen molar-refractivity contribution in [2.75, 3.05) is 0 Å². The third kappa shape index (κ3) is 2.08. The zero-order valence-electron chi connectivity index (χ0n) is 8.19. The Morgan fingerprint density at radius 3 is 2.54 bits per heavy atom. The number of aromatic amines is 1. The molecule has 0 spiro atoms. The fourth-order valence-corrected chi connectivity index (χ4v) is 1.24. The minimum Gasteiger partial charge on any atom is -0.359 e. The Morgan fingerprint density at radius 2 is 1.85 bits per heavy atom. The van der Waals surface area contributed by atoms with Crippen molar-refractivity contribution in [3.63, 3.8) is 0 Å². The Labute approximate surface area is 77.6 Å². The van der Waals surface area contributed by atoms with E-state index in [-0.39, 0.29) is 5.82 Å². The molecule has 1 nitrogen and oxygen atoms in total. The van der Waals surface area contributed by atoms with Crippen LogP contribution in [0.1, 0.15) is 19.5 Å². The minimum atomic E-state index is -0.195. The van der Waals surface area contributed by atoms with Gasteiger partial charge in [0, 0.05) is 11.2 Å². The first-order chi connectivity index (χ1) is 6.25. The van der Waals surface area contributed by atoms with E-state index in [0.29, 0.717) is 0 Å². The Morgan fingerprint density at radius 1 is 1.15 bits per heavy atom. The molecule has 0 aliphatic heterocycles. The van der Waals surface area contributed by atoms with Gasteiger partial charge in [-0.25, -0.2) is 4.39 Å². The molecule has 0 aliphatic carbocycles. The van der Waals surface area contributed by atoms with Crippen LogP contribution in [0.5, 0.6) is 0 Å². The number of benzene rings is 1. The highest BCUT2D eigenvalue weighted by atomic mass is 19.1. The lowest BCUT2D eigenvalue weighted by atomic mass is 10.2. The lowest BCUT2D eigenvalue weighted by Gasteiger charge is -1.87. The van der Waals surface area contributed by atoms with E-state index >= 15 is 0 Å². The van der Waals surface area contributed by atoms with Gasteiger partial charge in [0.05, 0.1) is 0 Å². The van der Waals surface area contributed by atoms with Crippen LogP contribution in [0.2, 0.25) is 0 Å². The molecular weight excluding hydrogens is 165 g/mol. The van der Waals surface area contributed by atoms with Gasteiger partial charge in [0.1, 0.15) is 5.82 Å². The third-order valence-electron chi connectivity index (χ3n) is 1.72. The van der Waals surface area contributed by atoms with Crippen molar-refractivity contribution in [1.82, 2.24) is 4.98 Å². The molecular formula is C11H14FN. The molecule has 0 bridgehead atoms. The Balaban J connectivity index is 0.000000396. The van der Waals surface area contributed by atoms with Gasteiger partial charge in [-0.3, -0.25) is 0 Å². The van der Waals surface area contributed by atoms with Gasteiger partial charge in [0.25, 0.3) is 0 Å². The Kier molecular flexibility index (Phi) is 3.07. The summed E-state index contributed by atoms with van der Waals surface area (Å²) in [5, 5.41) is 1.06. The maximum absolute atomic E-state index is 12.6. The second-order valence-corrected chi connectivity index (χ2v) is 2.68.